The number of rotatable bonds is 5. The van der Waals surface area contributed by atoms with E-state index in [1.54, 1.807) is 24.3 Å². The summed E-state index contributed by atoms with van der Waals surface area (Å²) in [5, 5.41) is 6.53. The van der Waals surface area contributed by atoms with E-state index >= 15 is 0 Å². The molecule has 136 valence electrons. The Hall–Kier alpha value is -2.33. The smallest absolute Gasteiger partial charge is 0.251 e. The number of benzene rings is 2. The highest BCUT2D eigenvalue weighted by atomic mass is 35.5. The molecule has 1 aliphatic carbocycles. The van der Waals surface area contributed by atoms with Crippen molar-refractivity contribution in [3.8, 4) is 0 Å². The normalized spacial score (nSPS) is 16.8. The van der Waals surface area contributed by atoms with Crippen LogP contribution in [0.1, 0.15) is 47.8 Å². The van der Waals surface area contributed by atoms with Crippen molar-refractivity contribution in [2.45, 2.75) is 38.8 Å². The first-order valence-corrected chi connectivity index (χ1v) is 9.28. The third-order valence-electron chi connectivity index (χ3n) is 4.79. The second kappa shape index (κ2) is 7.92. The van der Waals surface area contributed by atoms with Crippen LogP contribution < -0.4 is 10.6 Å². The van der Waals surface area contributed by atoms with Gasteiger partial charge in [-0.25, -0.2) is 0 Å². The van der Waals surface area contributed by atoms with Gasteiger partial charge in [0.2, 0.25) is 5.91 Å². The maximum Gasteiger partial charge on any atom is 0.251 e. The molecule has 0 spiro atoms. The zero-order valence-corrected chi connectivity index (χ0v) is 15.7. The van der Waals surface area contributed by atoms with Crippen LogP contribution >= 0.6 is 11.6 Å². The number of hydrogen-bond donors (Lipinski definition) is 2. The molecule has 1 aliphatic rings. The van der Waals surface area contributed by atoms with Crippen molar-refractivity contribution in [2.24, 2.45) is 5.92 Å². The predicted octanol–water partition coefficient (Wildman–Crippen LogP) is 3.90. The van der Waals surface area contributed by atoms with Gasteiger partial charge >= 0.3 is 0 Å². The molecule has 0 heterocycles. The Bertz CT molecular complexity index is 802. The van der Waals surface area contributed by atoms with Gasteiger partial charge in [-0.05, 0) is 54.2 Å². The minimum Gasteiger partial charge on any atom is -0.347 e. The van der Waals surface area contributed by atoms with Crippen LogP contribution in [0.3, 0.4) is 0 Å². The Kier molecular flexibility index (Phi) is 5.62. The number of carbonyl (C=O) groups is 2. The second-order valence-electron chi connectivity index (χ2n) is 7.00. The fourth-order valence-corrected chi connectivity index (χ4v) is 3.46. The number of carbonyl (C=O) groups excluding carboxylic acids is 2. The van der Waals surface area contributed by atoms with Crippen molar-refractivity contribution in [1.29, 1.82) is 0 Å². The van der Waals surface area contributed by atoms with E-state index in [-0.39, 0.29) is 23.8 Å². The molecular weight excluding hydrogens is 348 g/mol. The first-order valence-electron chi connectivity index (χ1n) is 8.90. The summed E-state index contributed by atoms with van der Waals surface area (Å²) in [6.07, 6.45) is 1.85. The molecular formula is C21H23ClN2O2. The van der Waals surface area contributed by atoms with E-state index in [4.69, 9.17) is 11.6 Å². The fraction of sp³-hybridized carbons (Fsp3) is 0.333. The molecule has 0 radical (unpaired) electrons. The number of nitrogens with one attached hydrogen (secondary N) is 2. The van der Waals surface area contributed by atoms with E-state index in [2.05, 4.69) is 22.8 Å². The fourth-order valence-electron chi connectivity index (χ4n) is 3.33. The summed E-state index contributed by atoms with van der Waals surface area (Å²) in [6, 6.07) is 14.2. The van der Waals surface area contributed by atoms with E-state index in [1.165, 1.54) is 11.1 Å². The molecule has 2 unspecified atom stereocenters. The van der Waals surface area contributed by atoms with E-state index in [1.807, 2.05) is 26.0 Å². The van der Waals surface area contributed by atoms with Crippen molar-refractivity contribution >= 4 is 23.4 Å². The highest BCUT2D eigenvalue weighted by Gasteiger charge is 2.29. The molecule has 0 fully saturated rings. The molecule has 0 saturated heterocycles. The lowest BCUT2D eigenvalue weighted by Crippen LogP contribution is -2.50. The molecule has 5 heteroatoms. The van der Waals surface area contributed by atoms with E-state index in [0.717, 1.165) is 12.8 Å². The van der Waals surface area contributed by atoms with Gasteiger partial charge in [-0.15, -0.1) is 0 Å². The first kappa shape index (κ1) is 18.5. The van der Waals surface area contributed by atoms with Gasteiger partial charge in [0.05, 0.1) is 6.04 Å². The van der Waals surface area contributed by atoms with Gasteiger partial charge in [0, 0.05) is 10.6 Å². The summed E-state index contributed by atoms with van der Waals surface area (Å²) in [4.78, 5) is 25.3. The van der Waals surface area contributed by atoms with Gasteiger partial charge in [-0.1, -0.05) is 49.7 Å². The van der Waals surface area contributed by atoms with Gasteiger partial charge in [-0.3, -0.25) is 9.59 Å². The second-order valence-corrected chi connectivity index (χ2v) is 7.44. The predicted molar refractivity (Wildman–Crippen MR) is 103 cm³/mol. The minimum absolute atomic E-state index is 0.00684. The molecule has 4 nitrogen and oxygen atoms in total. The van der Waals surface area contributed by atoms with Gasteiger partial charge in [0.25, 0.3) is 5.91 Å². The van der Waals surface area contributed by atoms with Gasteiger partial charge in [0.15, 0.2) is 0 Å². The highest BCUT2D eigenvalue weighted by Crippen LogP contribution is 2.30. The van der Waals surface area contributed by atoms with Crippen molar-refractivity contribution in [3.63, 3.8) is 0 Å². The SMILES string of the molecule is CC(C)C(NC(=O)c1ccc(Cl)cc1)C(=O)NC1CCc2ccccc21. The van der Waals surface area contributed by atoms with Crippen molar-refractivity contribution < 1.29 is 9.59 Å². The quantitative estimate of drug-likeness (QED) is 0.838. The average molecular weight is 371 g/mol. The number of hydrogen-bond acceptors (Lipinski definition) is 2. The Morgan fingerprint density at radius 2 is 1.77 bits per heavy atom. The zero-order chi connectivity index (χ0) is 18.7. The number of fused-ring (bicyclic) bond motifs is 1. The topological polar surface area (TPSA) is 58.2 Å². The third-order valence-corrected chi connectivity index (χ3v) is 5.04. The Morgan fingerprint density at radius 1 is 1.08 bits per heavy atom. The summed E-state index contributed by atoms with van der Waals surface area (Å²) in [5.74, 6) is -0.450. The number of aryl methyl sites for hydroxylation is 1. The van der Waals surface area contributed by atoms with Crippen LogP contribution in [-0.4, -0.2) is 17.9 Å². The van der Waals surface area contributed by atoms with Crippen LogP contribution in [0.5, 0.6) is 0 Å². The third kappa shape index (κ3) is 4.07. The Balaban J connectivity index is 1.69. The van der Waals surface area contributed by atoms with Gasteiger partial charge in [0.1, 0.15) is 6.04 Å². The lowest BCUT2D eigenvalue weighted by molar-refractivity contribution is -0.124. The molecule has 2 aromatic rings. The minimum atomic E-state index is -0.592. The van der Waals surface area contributed by atoms with Crippen LogP contribution in [0.25, 0.3) is 0 Å². The van der Waals surface area contributed by atoms with Gasteiger partial charge < -0.3 is 10.6 Å². The Labute approximate surface area is 158 Å². The van der Waals surface area contributed by atoms with E-state index < -0.39 is 6.04 Å². The molecule has 26 heavy (non-hydrogen) atoms. The van der Waals surface area contributed by atoms with Crippen LogP contribution in [0, 0.1) is 5.92 Å². The molecule has 2 aromatic carbocycles. The standard InChI is InChI=1S/C21H23ClN2O2/c1-13(2)19(24-20(25)15-7-10-16(22)11-8-15)21(26)23-18-12-9-14-5-3-4-6-17(14)18/h3-8,10-11,13,18-19H,9,12H2,1-2H3,(H,23,26)(H,24,25). The molecule has 3 rings (SSSR count). The maximum absolute atomic E-state index is 12.8. The molecule has 2 atom stereocenters. The lowest BCUT2D eigenvalue weighted by Gasteiger charge is -2.24. The zero-order valence-electron chi connectivity index (χ0n) is 15.0. The highest BCUT2D eigenvalue weighted by molar-refractivity contribution is 6.30. The van der Waals surface area contributed by atoms with E-state index in [9.17, 15) is 9.59 Å². The molecule has 0 aliphatic heterocycles. The molecule has 2 N–H and O–H groups in total. The number of halogens is 1. The average Bonchev–Trinajstić information content (AvgIpc) is 3.02. The number of amides is 2. The Morgan fingerprint density at radius 3 is 2.46 bits per heavy atom. The maximum atomic E-state index is 12.8. The molecule has 0 bridgehead atoms. The summed E-state index contributed by atoms with van der Waals surface area (Å²) in [7, 11) is 0. The van der Waals surface area contributed by atoms with Crippen LogP contribution in [-0.2, 0) is 11.2 Å². The largest absolute Gasteiger partial charge is 0.347 e. The summed E-state index contributed by atoms with van der Waals surface area (Å²) >= 11 is 5.86. The van der Waals surface area contributed by atoms with Crippen molar-refractivity contribution in [1.82, 2.24) is 10.6 Å². The summed E-state index contributed by atoms with van der Waals surface area (Å²) < 4.78 is 0. The molecule has 0 saturated carbocycles. The summed E-state index contributed by atoms with van der Waals surface area (Å²) in [5.41, 5.74) is 2.94. The monoisotopic (exact) mass is 370 g/mol. The molecule has 0 aromatic heterocycles. The van der Waals surface area contributed by atoms with Crippen LogP contribution in [0.2, 0.25) is 5.02 Å². The van der Waals surface area contributed by atoms with Crippen LogP contribution in [0.15, 0.2) is 48.5 Å². The van der Waals surface area contributed by atoms with Crippen molar-refractivity contribution in [2.75, 3.05) is 0 Å². The first-order chi connectivity index (χ1) is 12.5. The van der Waals surface area contributed by atoms with Crippen molar-refractivity contribution in [3.05, 3.63) is 70.2 Å². The van der Waals surface area contributed by atoms with Crippen LogP contribution in [0.4, 0.5) is 0 Å². The lowest BCUT2D eigenvalue weighted by atomic mass is 10.0. The molecule has 2 amide bonds. The van der Waals surface area contributed by atoms with Gasteiger partial charge in [-0.2, -0.15) is 0 Å². The summed E-state index contributed by atoms with van der Waals surface area (Å²) in [6.45, 7) is 3.85. The van der Waals surface area contributed by atoms with E-state index in [0.29, 0.717) is 10.6 Å².